The second-order valence-corrected chi connectivity index (χ2v) is 6.92. The summed E-state index contributed by atoms with van der Waals surface area (Å²) in [5, 5.41) is 8.77. The van der Waals surface area contributed by atoms with Crippen molar-refractivity contribution in [2.45, 2.75) is 13.2 Å². The Kier molecular flexibility index (Phi) is 5.31. The molecule has 7 nitrogen and oxygen atoms in total. The second kappa shape index (κ2) is 8.04. The minimum absolute atomic E-state index is 0.123. The maximum atomic E-state index is 13.9. The molecule has 2 aromatic carbocycles. The van der Waals surface area contributed by atoms with Crippen molar-refractivity contribution >= 4 is 10.9 Å². The molecule has 0 amide bonds. The van der Waals surface area contributed by atoms with Crippen LogP contribution in [0.1, 0.15) is 5.56 Å². The average molecular weight is 383 g/mol. The Morgan fingerprint density at radius 2 is 1.82 bits per heavy atom. The van der Waals surface area contributed by atoms with E-state index in [-0.39, 0.29) is 17.1 Å². The molecule has 28 heavy (non-hydrogen) atoms. The zero-order chi connectivity index (χ0) is 19.5. The van der Waals surface area contributed by atoms with Gasteiger partial charge >= 0.3 is 0 Å². The fourth-order valence-electron chi connectivity index (χ4n) is 3.46. The number of benzene rings is 2. The minimum atomic E-state index is -0.340. The summed E-state index contributed by atoms with van der Waals surface area (Å²) in [4.78, 5) is 17.0. The van der Waals surface area contributed by atoms with Gasteiger partial charge in [0.05, 0.1) is 19.2 Å². The van der Waals surface area contributed by atoms with Crippen molar-refractivity contribution in [1.82, 2.24) is 24.8 Å². The van der Waals surface area contributed by atoms with Gasteiger partial charge in [-0.2, -0.15) is 4.68 Å². The van der Waals surface area contributed by atoms with Crippen LogP contribution < -0.4 is 10.3 Å². The Morgan fingerprint density at radius 1 is 1.07 bits per heavy atom. The lowest BCUT2D eigenvalue weighted by molar-refractivity contribution is 0.0960. The molecule has 146 valence electrons. The molecule has 2 heterocycles. The van der Waals surface area contributed by atoms with E-state index in [0.717, 1.165) is 31.7 Å². The molecule has 3 aromatic rings. The van der Waals surface area contributed by atoms with Crippen molar-refractivity contribution in [2.75, 3.05) is 33.3 Å². The number of hydrogen-bond acceptors (Lipinski definition) is 6. The van der Waals surface area contributed by atoms with Gasteiger partial charge in [-0.15, -0.1) is 5.10 Å². The van der Waals surface area contributed by atoms with Crippen LogP contribution in [0.25, 0.3) is 10.9 Å². The largest absolute Gasteiger partial charge is 0.494 e. The number of methoxy groups -OCH3 is 1. The van der Waals surface area contributed by atoms with Crippen LogP contribution in [0.15, 0.2) is 47.3 Å². The molecule has 1 aliphatic heterocycles. The molecular weight excluding hydrogens is 361 g/mol. The van der Waals surface area contributed by atoms with E-state index in [2.05, 4.69) is 20.1 Å². The van der Waals surface area contributed by atoms with Crippen molar-refractivity contribution in [2.24, 2.45) is 0 Å². The molecule has 8 heteroatoms. The SMILES string of the molecule is COc1ccc(CN2CCN(Cn3nnc4ccccc4c3=O)CC2)cc1F. The van der Waals surface area contributed by atoms with Gasteiger partial charge in [0.25, 0.3) is 5.56 Å². The molecule has 0 aliphatic carbocycles. The fraction of sp³-hybridized carbons (Fsp3) is 0.350. The molecule has 0 N–H and O–H groups in total. The van der Waals surface area contributed by atoms with E-state index in [0.29, 0.717) is 24.1 Å². The first kappa shape index (κ1) is 18.5. The number of aromatic nitrogens is 3. The molecule has 4 rings (SSSR count). The van der Waals surface area contributed by atoms with E-state index in [1.807, 2.05) is 18.2 Å². The summed E-state index contributed by atoms with van der Waals surface area (Å²) in [6.07, 6.45) is 0. The van der Waals surface area contributed by atoms with Crippen LogP contribution in [0.3, 0.4) is 0 Å². The average Bonchev–Trinajstić information content (AvgIpc) is 2.72. The number of ether oxygens (including phenoxy) is 1. The second-order valence-electron chi connectivity index (χ2n) is 6.92. The summed E-state index contributed by atoms with van der Waals surface area (Å²) in [6, 6.07) is 12.3. The number of piperazine rings is 1. The topological polar surface area (TPSA) is 63.5 Å². The van der Waals surface area contributed by atoms with E-state index in [9.17, 15) is 9.18 Å². The van der Waals surface area contributed by atoms with Crippen molar-refractivity contribution in [3.63, 3.8) is 0 Å². The van der Waals surface area contributed by atoms with Crippen molar-refractivity contribution in [3.8, 4) is 5.75 Å². The normalized spacial score (nSPS) is 15.8. The monoisotopic (exact) mass is 383 g/mol. The van der Waals surface area contributed by atoms with Gasteiger partial charge in [-0.05, 0) is 29.8 Å². The predicted octanol–water partition coefficient (Wildman–Crippen LogP) is 1.71. The van der Waals surface area contributed by atoms with E-state index in [4.69, 9.17) is 4.74 Å². The van der Waals surface area contributed by atoms with Gasteiger partial charge < -0.3 is 4.74 Å². The third kappa shape index (κ3) is 3.88. The molecular formula is C20H22FN5O2. The van der Waals surface area contributed by atoms with Crippen LogP contribution >= 0.6 is 0 Å². The maximum Gasteiger partial charge on any atom is 0.278 e. The maximum absolute atomic E-state index is 13.9. The number of rotatable bonds is 5. The number of nitrogens with zero attached hydrogens (tertiary/aromatic N) is 5. The predicted molar refractivity (Wildman–Crippen MR) is 104 cm³/mol. The number of fused-ring (bicyclic) bond motifs is 1. The number of halogens is 1. The van der Waals surface area contributed by atoms with Crippen molar-refractivity contribution in [1.29, 1.82) is 0 Å². The van der Waals surface area contributed by atoms with Crippen LogP contribution in [0.2, 0.25) is 0 Å². The molecule has 0 spiro atoms. The van der Waals surface area contributed by atoms with Crippen LogP contribution in [0, 0.1) is 5.82 Å². The van der Waals surface area contributed by atoms with E-state index < -0.39 is 0 Å². The third-order valence-electron chi connectivity index (χ3n) is 5.05. The van der Waals surface area contributed by atoms with Gasteiger partial charge in [-0.3, -0.25) is 14.6 Å². The van der Waals surface area contributed by atoms with Crippen LogP contribution in [-0.2, 0) is 13.2 Å². The summed E-state index contributed by atoms with van der Waals surface area (Å²) in [7, 11) is 1.46. The zero-order valence-electron chi connectivity index (χ0n) is 15.7. The van der Waals surface area contributed by atoms with Crippen LogP contribution in [0.4, 0.5) is 4.39 Å². The lowest BCUT2D eigenvalue weighted by Crippen LogP contribution is -2.47. The molecule has 1 aliphatic rings. The molecule has 1 saturated heterocycles. The fourth-order valence-corrected chi connectivity index (χ4v) is 3.46. The van der Waals surface area contributed by atoms with E-state index in [1.165, 1.54) is 17.9 Å². The molecule has 1 aromatic heterocycles. The Balaban J connectivity index is 1.36. The van der Waals surface area contributed by atoms with Gasteiger partial charge in [0.1, 0.15) is 5.52 Å². The zero-order valence-corrected chi connectivity index (χ0v) is 15.7. The molecule has 0 saturated carbocycles. The molecule has 0 unspecified atom stereocenters. The highest BCUT2D eigenvalue weighted by Gasteiger charge is 2.19. The minimum Gasteiger partial charge on any atom is -0.494 e. The Hall–Kier alpha value is -2.84. The Morgan fingerprint density at radius 3 is 2.57 bits per heavy atom. The molecule has 0 atom stereocenters. The van der Waals surface area contributed by atoms with Gasteiger partial charge in [0, 0.05) is 32.7 Å². The summed E-state index contributed by atoms with van der Waals surface area (Å²) in [6.45, 7) is 4.39. The summed E-state index contributed by atoms with van der Waals surface area (Å²) >= 11 is 0. The summed E-state index contributed by atoms with van der Waals surface area (Å²) in [5.41, 5.74) is 1.41. The Bertz CT molecular complexity index is 1030. The van der Waals surface area contributed by atoms with E-state index in [1.54, 1.807) is 18.2 Å². The molecule has 1 fully saturated rings. The number of hydrogen-bond donors (Lipinski definition) is 0. The van der Waals surface area contributed by atoms with Gasteiger partial charge in [0.2, 0.25) is 0 Å². The highest BCUT2D eigenvalue weighted by atomic mass is 19.1. The highest BCUT2D eigenvalue weighted by molar-refractivity contribution is 5.76. The smallest absolute Gasteiger partial charge is 0.278 e. The summed E-state index contributed by atoms with van der Waals surface area (Å²) in [5.74, 6) is -0.0802. The molecule has 0 radical (unpaired) electrons. The lowest BCUT2D eigenvalue weighted by atomic mass is 10.2. The Labute approximate surface area is 161 Å². The van der Waals surface area contributed by atoms with Crippen LogP contribution in [-0.4, -0.2) is 58.1 Å². The highest BCUT2D eigenvalue weighted by Crippen LogP contribution is 2.19. The van der Waals surface area contributed by atoms with Crippen molar-refractivity contribution < 1.29 is 9.13 Å². The van der Waals surface area contributed by atoms with E-state index >= 15 is 0 Å². The van der Waals surface area contributed by atoms with Gasteiger partial charge in [-0.25, -0.2) is 4.39 Å². The standard InChI is InChI=1S/C20H22FN5O2/c1-28-19-7-6-15(12-17(19)21)13-24-8-10-25(11-9-24)14-26-20(27)16-4-2-3-5-18(16)22-23-26/h2-7,12H,8-11,13-14H2,1H3. The molecule has 0 bridgehead atoms. The first-order valence-electron chi connectivity index (χ1n) is 9.24. The lowest BCUT2D eigenvalue weighted by Gasteiger charge is -2.34. The van der Waals surface area contributed by atoms with Crippen LogP contribution in [0.5, 0.6) is 5.75 Å². The first-order chi connectivity index (χ1) is 13.6. The van der Waals surface area contributed by atoms with Crippen molar-refractivity contribution in [3.05, 3.63) is 64.2 Å². The van der Waals surface area contributed by atoms with Gasteiger partial charge in [0.15, 0.2) is 11.6 Å². The van der Waals surface area contributed by atoms with Gasteiger partial charge in [-0.1, -0.05) is 23.4 Å². The quantitative estimate of drug-likeness (QED) is 0.669. The third-order valence-corrected chi connectivity index (χ3v) is 5.05. The summed E-state index contributed by atoms with van der Waals surface area (Å²) < 4.78 is 20.2. The first-order valence-corrected chi connectivity index (χ1v) is 9.24.